The number of carbonyl (C=O) groups excluding carboxylic acids is 2. The van der Waals surface area contributed by atoms with Gasteiger partial charge in [-0.2, -0.15) is 0 Å². The number of amides is 1. The lowest BCUT2D eigenvalue weighted by atomic mass is 9.53. The summed E-state index contributed by atoms with van der Waals surface area (Å²) in [6.45, 7) is 2.31. The maximum atomic E-state index is 12.2. The quantitative estimate of drug-likeness (QED) is 0.606. The summed E-state index contributed by atoms with van der Waals surface area (Å²) in [5.74, 6) is 1.14. The van der Waals surface area contributed by atoms with Crippen LogP contribution in [0, 0.1) is 17.3 Å². The molecule has 6 rings (SSSR count). The Balaban J connectivity index is 1.40. The van der Waals surface area contributed by atoms with Crippen molar-refractivity contribution in [1.82, 2.24) is 0 Å². The number of aliphatic hydroxyl groups excluding tert-OH is 1. The number of hydrogen-bond donors (Lipinski definition) is 2. The number of primary amides is 1. The summed E-state index contributed by atoms with van der Waals surface area (Å²) >= 11 is 0. The highest BCUT2D eigenvalue weighted by Gasteiger charge is 2.56. The van der Waals surface area contributed by atoms with E-state index in [1.807, 2.05) is 18.2 Å². The Kier molecular flexibility index (Phi) is 5.33. The van der Waals surface area contributed by atoms with Crippen LogP contribution in [0.25, 0.3) is 11.1 Å². The average molecular weight is 468 g/mol. The van der Waals surface area contributed by atoms with E-state index in [2.05, 4.69) is 31.2 Å². The Morgan fingerprint density at radius 3 is 2.31 bits per heavy atom. The number of carbonyl (C=O) groups is 2. The molecule has 2 saturated carbocycles. The van der Waals surface area contributed by atoms with E-state index in [1.165, 1.54) is 16.7 Å². The molecule has 4 nitrogen and oxygen atoms in total. The zero-order chi connectivity index (χ0) is 24.3. The molecular formula is C31H33NO3. The molecule has 35 heavy (non-hydrogen) atoms. The topological polar surface area (TPSA) is 80.4 Å². The van der Waals surface area contributed by atoms with E-state index < -0.39 is 5.91 Å². The van der Waals surface area contributed by atoms with Crippen LogP contribution in [0.15, 0.2) is 71.3 Å². The van der Waals surface area contributed by atoms with Gasteiger partial charge in [-0.1, -0.05) is 48.9 Å². The molecule has 0 radical (unpaired) electrons. The van der Waals surface area contributed by atoms with Gasteiger partial charge in [0.25, 0.3) is 0 Å². The summed E-state index contributed by atoms with van der Waals surface area (Å²) in [5.41, 5.74) is 13.6. The molecule has 2 aromatic rings. The molecule has 0 heterocycles. The fraction of sp³-hybridized carbons (Fsp3) is 0.419. The zero-order valence-corrected chi connectivity index (χ0v) is 20.3. The molecule has 4 heteroatoms. The lowest BCUT2D eigenvalue weighted by Gasteiger charge is -2.52. The molecule has 0 spiro atoms. The van der Waals surface area contributed by atoms with Crippen molar-refractivity contribution in [3.63, 3.8) is 0 Å². The van der Waals surface area contributed by atoms with Crippen LogP contribution in [0.3, 0.4) is 0 Å². The molecule has 180 valence electrons. The average Bonchev–Trinajstić information content (AvgIpc) is 3.17. The van der Waals surface area contributed by atoms with E-state index in [9.17, 15) is 14.7 Å². The van der Waals surface area contributed by atoms with Gasteiger partial charge in [0.2, 0.25) is 5.91 Å². The molecule has 5 unspecified atom stereocenters. The van der Waals surface area contributed by atoms with E-state index in [0.717, 1.165) is 49.7 Å². The van der Waals surface area contributed by atoms with Gasteiger partial charge >= 0.3 is 0 Å². The zero-order valence-electron chi connectivity index (χ0n) is 20.3. The summed E-state index contributed by atoms with van der Waals surface area (Å²) in [7, 11) is 0. The molecule has 2 aromatic carbocycles. The molecule has 0 saturated heterocycles. The fourth-order valence-electron chi connectivity index (χ4n) is 7.67. The number of fused-ring (bicyclic) bond motifs is 4. The van der Waals surface area contributed by atoms with Crippen molar-refractivity contribution in [2.45, 2.75) is 63.9 Å². The van der Waals surface area contributed by atoms with E-state index in [4.69, 9.17) is 5.73 Å². The second kappa shape index (κ2) is 8.30. The second-order valence-corrected chi connectivity index (χ2v) is 11.2. The van der Waals surface area contributed by atoms with Crippen molar-refractivity contribution in [3.8, 4) is 11.1 Å². The van der Waals surface area contributed by atoms with Crippen molar-refractivity contribution in [2.75, 3.05) is 0 Å². The summed E-state index contributed by atoms with van der Waals surface area (Å²) in [6, 6.07) is 16.2. The molecule has 1 amide bonds. The largest absolute Gasteiger partial charge is 0.393 e. The summed E-state index contributed by atoms with van der Waals surface area (Å²) in [6.07, 6.45) is 8.19. The van der Waals surface area contributed by atoms with Gasteiger partial charge < -0.3 is 10.8 Å². The smallest absolute Gasteiger partial charge is 0.248 e. The van der Waals surface area contributed by atoms with Crippen LogP contribution in [0.2, 0.25) is 0 Å². The minimum Gasteiger partial charge on any atom is -0.393 e. The second-order valence-electron chi connectivity index (χ2n) is 11.2. The Morgan fingerprint density at radius 2 is 1.63 bits per heavy atom. The van der Waals surface area contributed by atoms with Gasteiger partial charge in [0.1, 0.15) is 0 Å². The first-order valence-corrected chi connectivity index (χ1v) is 13.0. The Morgan fingerprint density at radius 1 is 0.943 bits per heavy atom. The van der Waals surface area contributed by atoms with Crippen LogP contribution in [-0.2, 0) is 4.79 Å². The maximum absolute atomic E-state index is 12.2. The number of benzene rings is 2. The van der Waals surface area contributed by atoms with E-state index in [1.54, 1.807) is 17.7 Å². The highest BCUT2D eigenvalue weighted by molar-refractivity contribution is 5.93. The van der Waals surface area contributed by atoms with E-state index in [-0.39, 0.29) is 23.2 Å². The number of nitrogens with two attached hydrogens (primary N) is 1. The predicted molar refractivity (Wildman–Crippen MR) is 137 cm³/mol. The molecule has 5 atom stereocenters. The SMILES string of the molecule is CC12CC(c3ccc(-c4ccc(C(N)=O)cc4)cc3)C3=C4CCC(=O)C=C4CCC3C1CCC2O. The summed E-state index contributed by atoms with van der Waals surface area (Å²) in [4.78, 5) is 23.6. The number of aliphatic hydroxyl groups is 1. The third-order valence-corrected chi connectivity index (χ3v) is 9.50. The van der Waals surface area contributed by atoms with Crippen molar-refractivity contribution < 1.29 is 14.7 Å². The van der Waals surface area contributed by atoms with E-state index >= 15 is 0 Å². The molecular weight excluding hydrogens is 434 g/mol. The van der Waals surface area contributed by atoms with Crippen molar-refractivity contribution in [2.24, 2.45) is 23.0 Å². The normalized spacial score (nSPS) is 31.9. The minimum absolute atomic E-state index is 0.0612. The van der Waals surface area contributed by atoms with Gasteiger partial charge in [0, 0.05) is 17.9 Å². The van der Waals surface area contributed by atoms with Gasteiger partial charge in [-0.05, 0) is 102 Å². The Hall–Kier alpha value is -2.98. The molecule has 4 aliphatic carbocycles. The molecule has 3 N–H and O–H groups in total. The summed E-state index contributed by atoms with van der Waals surface area (Å²) < 4.78 is 0. The van der Waals surface area contributed by atoms with Gasteiger partial charge in [-0.25, -0.2) is 0 Å². The monoisotopic (exact) mass is 467 g/mol. The Bertz CT molecular complexity index is 1250. The molecule has 2 fully saturated rings. The van der Waals surface area contributed by atoms with Crippen molar-refractivity contribution >= 4 is 11.7 Å². The standard InChI is InChI=1S/C31H33NO3/c1-31-17-26(20-6-2-18(3-7-20)19-4-8-21(9-5-19)30(32)35)29-24-13-11-23(33)16-22(24)10-12-25(29)27(31)14-15-28(31)34/h2-9,16,25-28,34H,10-15,17H2,1H3,(H2,32,35). The first-order valence-electron chi connectivity index (χ1n) is 13.0. The number of hydrogen-bond acceptors (Lipinski definition) is 3. The van der Waals surface area contributed by atoms with Crippen LogP contribution < -0.4 is 5.73 Å². The molecule has 4 aliphatic rings. The van der Waals surface area contributed by atoms with E-state index in [0.29, 0.717) is 23.8 Å². The third kappa shape index (κ3) is 3.61. The van der Waals surface area contributed by atoms with Gasteiger partial charge in [-0.15, -0.1) is 0 Å². The summed E-state index contributed by atoms with van der Waals surface area (Å²) in [5, 5.41) is 11.1. The van der Waals surface area contributed by atoms with Crippen LogP contribution in [-0.4, -0.2) is 22.9 Å². The lowest BCUT2D eigenvalue weighted by Crippen LogP contribution is -2.45. The number of ketones is 1. The predicted octanol–water partition coefficient (Wildman–Crippen LogP) is 5.71. The maximum Gasteiger partial charge on any atom is 0.248 e. The van der Waals surface area contributed by atoms with Crippen LogP contribution in [0.1, 0.15) is 73.7 Å². The van der Waals surface area contributed by atoms with Crippen molar-refractivity contribution in [1.29, 1.82) is 0 Å². The Labute approximate surface area is 206 Å². The van der Waals surface area contributed by atoms with Crippen molar-refractivity contribution in [3.05, 3.63) is 82.5 Å². The highest BCUT2D eigenvalue weighted by atomic mass is 16.3. The minimum atomic E-state index is -0.417. The highest BCUT2D eigenvalue weighted by Crippen LogP contribution is 2.63. The van der Waals surface area contributed by atoms with Gasteiger partial charge in [0.05, 0.1) is 6.10 Å². The lowest BCUT2D eigenvalue weighted by molar-refractivity contribution is -0.114. The van der Waals surface area contributed by atoms with Crippen LogP contribution in [0.5, 0.6) is 0 Å². The number of rotatable bonds is 3. The fourth-order valence-corrected chi connectivity index (χ4v) is 7.67. The first kappa shape index (κ1) is 22.5. The van der Waals surface area contributed by atoms with Crippen LogP contribution in [0.4, 0.5) is 0 Å². The molecule has 0 bridgehead atoms. The van der Waals surface area contributed by atoms with Crippen LogP contribution >= 0.6 is 0 Å². The van der Waals surface area contributed by atoms with Gasteiger partial charge in [0.15, 0.2) is 5.78 Å². The first-order chi connectivity index (χ1) is 16.8. The third-order valence-electron chi connectivity index (χ3n) is 9.50. The number of allylic oxidation sites excluding steroid dienone is 4. The molecule has 0 aliphatic heterocycles. The van der Waals surface area contributed by atoms with Gasteiger partial charge in [-0.3, -0.25) is 9.59 Å². The molecule has 0 aromatic heterocycles.